The molecule has 0 aromatic carbocycles. The van der Waals surface area contributed by atoms with Crippen LogP contribution in [0.5, 0.6) is 0 Å². The first-order chi connectivity index (χ1) is 11.0. The van der Waals surface area contributed by atoms with Crippen molar-refractivity contribution >= 4 is 10.0 Å². The molecule has 0 amide bonds. The van der Waals surface area contributed by atoms with Crippen LogP contribution in [0.1, 0.15) is 18.7 Å². The summed E-state index contributed by atoms with van der Waals surface area (Å²) in [4.78, 5) is 8.26. The van der Waals surface area contributed by atoms with Gasteiger partial charge in [0, 0.05) is 31.0 Å². The molecule has 0 spiro atoms. The monoisotopic (exact) mass is 338 g/mol. The van der Waals surface area contributed by atoms with Gasteiger partial charge in [0.1, 0.15) is 6.61 Å². The molecule has 9 heteroatoms. The Bertz CT molecular complexity index is 747. The second kappa shape index (κ2) is 6.73. The van der Waals surface area contributed by atoms with Crippen molar-refractivity contribution < 1.29 is 17.7 Å². The number of aromatic nitrogens is 3. The molecular formula is C14H18N4O4S. The minimum atomic E-state index is -3.18. The second-order valence-corrected chi connectivity index (χ2v) is 7.43. The predicted octanol–water partition coefficient (Wildman–Crippen LogP) is 1.07. The Labute approximate surface area is 134 Å². The Kier molecular flexibility index (Phi) is 4.69. The predicted molar refractivity (Wildman–Crippen MR) is 81.8 cm³/mol. The third-order valence-corrected chi connectivity index (χ3v) is 4.91. The van der Waals surface area contributed by atoms with Crippen LogP contribution in [-0.4, -0.2) is 53.3 Å². The van der Waals surface area contributed by atoms with E-state index in [2.05, 4.69) is 15.1 Å². The highest BCUT2D eigenvalue weighted by Crippen LogP contribution is 2.18. The fourth-order valence-electron chi connectivity index (χ4n) is 2.46. The summed E-state index contributed by atoms with van der Waals surface area (Å²) in [6, 6.07) is 3.64. The summed E-state index contributed by atoms with van der Waals surface area (Å²) >= 11 is 0. The second-order valence-electron chi connectivity index (χ2n) is 5.45. The number of hydrogen-bond donors (Lipinski definition) is 0. The zero-order valence-corrected chi connectivity index (χ0v) is 13.6. The van der Waals surface area contributed by atoms with Crippen molar-refractivity contribution in [3.8, 4) is 11.4 Å². The van der Waals surface area contributed by atoms with Crippen LogP contribution in [0.3, 0.4) is 0 Å². The largest absolute Gasteiger partial charge is 0.367 e. The molecule has 0 saturated carbocycles. The molecule has 1 aliphatic rings. The van der Waals surface area contributed by atoms with Crippen LogP contribution in [0.25, 0.3) is 11.4 Å². The van der Waals surface area contributed by atoms with E-state index in [-0.39, 0.29) is 12.7 Å². The first kappa shape index (κ1) is 16.0. The first-order valence-electron chi connectivity index (χ1n) is 7.32. The Hall–Kier alpha value is -1.84. The molecule has 1 saturated heterocycles. The third-order valence-electron chi connectivity index (χ3n) is 3.64. The number of rotatable bonds is 5. The fraction of sp³-hybridized carbons (Fsp3) is 0.500. The van der Waals surface area contributed by atoms with Gasteiger partial charge in [-0.15, -0.1) is 0 Å². The Morgan fingerprint density at radius 3 is 3.09 bits per heavy atom. The summed E-state index contributed by atoms with van der Waals surface area (Å²) in [5.41, 5.74) is 0.767. The van der Waals surface area contributed by atoms with Gasteiger partial charge in [0.25, 0.3) is 5.89 Å². The zero-order chi connectivity index (χ0) is 16.3. The lowest BCUT2D eigenvalue weighted by Gasteiger charge is -2.30. The molecule has 3 rings (SSSR count). The minimum absolute atomic E-state index is 0.160. The Morgan fingerprint density at radius 1 is 1.48 bits per heavy atom. The summed E-state index contributed by atoms with van der Waals surface area (Å²) in [7, 11) is -3.18. The number of ether oxygens (including phenoxy) is 1. The molecule has 3 heterocycles. The van der Waals surface area contributed by atoms with E-state index in [1.165, 1.54) is 10.6 Å². The maximum Gasteiger partial charge on any atom is 0.252 e. The molecule has 0 aliphatic carbocycles. The van der Waals surface area contributed by atoms with Crippen molar-refractivity contribution in [1.82, 2.24) is 19.4 Å². The average Bonchev–Trinajstić information content (AvgIpc) is 3.02. The van der Waals surface area contributed by atoms with Crippen LogP contribution in [0.4, 0.5) is 0 Å². The Balaban J connectivity index is 1.58. The van der Waals surface area contributed by atoms with E-state index < -0.39 is 10.0 Å². The molecule has 1 atom stereocenters. The van der Waals surface area contributed by atoms with E-state index >= 15 is 0 Å². The van der Waals surface area contributed by atoms with Gasteiger partial charge in [0.05, 0.1) is 12.4 Å². The number of nitrogens with zero attached hydrogens (tertiary/aromatic N) is 4. The van der Waals surface area contributed by atoms with Gasteiger partial charge >= 0.3 is 0 Å². The van der Waals surface area contributed by atoms with E-state index in [1.807, 2.05) is 6.07 Å². The molecule has 1 unspecified atom stereocenters. The maximum absolute atomic E-state index is 11.6. The lowest BCUT2D eigenvalue weighted by molar-refractivity contribution is -0.00284. The minimum Gasteiger partial charge on any atom is -0.367 e. The van der Waals surface area contributed by atoms with Gasteiger partial charge in [-0.25, -0.2) is 8.42 Å². The summed E-state index contributed by atoms with van der Waals surface area (Å²) in [6.07, 6.45) is 5.98. The van der Waals surface area contributed by atoms with Gasteiger partial charge in [0.15, 0.2) is 0 Å². The van der Waals surface area contributed by atoms with Gasteiger partial charge in [0.2, 0.25) is 15.8 Å². The molecule has 0 N–H and O–H groups in total. The van der Waals surface area contributed by atoms with Crippen molar-refractivity contribution in [3.05, 3.63) is 30.4 Å². The topological polar surface area (TPSA) is 98.4 Å². The summed E-state index contributed by atoms with van der Waals surface area (Å²) < 4.78 is 35.5. The van der Waals surface area contributed by atoms with E-state index in [4.69, 9.17) is 9.26 Å². The van der Waals surface area contributed by atoms with Gasteiger partial charge in [-0.3, -0.25) is 4.98 Å². The van der Waals surface area contributed by atoms with Gasteiger partial charge in [-0.05, 0) is 25.0 Å². The lowest BCUT2D eigenvalue weighted by Crippen LogP contribution is -2.42. The smallest absolute Gasteiger partial charge is 0.252 e. The van der Waals surface area contributed by atoms with Gasteiger partial charge < -0.3 is 9.26 Å². The summed E-state index contributed by atoms with van der Waals surface area (Å²) in [6.45, 7) is 1.07. The number of sulfonamides is 1. The van der Waals surface area contributed by atoms with Crippen LogP contribution in [0, 0.1) is 0 Å². The van der Waals surface area contributed by atoms with Crippen molar-refractivity contribution in [2.75, 3.05) is 19.3 Å². The normalized spacial score (nSPS) is 19.8. The highest BCUT2D eigenvalue weighted by atomic mass is 32.2. The SMILES string of the molecule is CS(=O)(=O)N1CCCC(OCc2nc(-c3cccnc3)no2)C1. The fourth-order valence-corrected chi connectivity index (χ4v) is 3.35. The van der Waals surface area contributed by atoms with Crippen LogP contribution in [0.15, 0.2) is 29.0 Å². The molecule has 124 valence electrons. The first-order valence-corrected chi connectivity index (χ1v) is 9.17. The summed E-state index contributed by atoms with van der Waals surface area (Å²) in [5, 5.41) is 3.89. The van der Waals surface area contributed by atoms with Crippen molar-refractivity contribution in [1.29, 1.82) is 0 Å². The molecule has 2 aromatic rings. The van der Waals surface area contributed by atoms with Crippen LogP contribution in [0.2, 0.25) is 0 Å². The molecule has 0 radical (unpaired) electrons. The molecule has 1 aliphatic heterocycles. The quantitative estimate of drug-likeness (QED) is 0.804. The van der Waals surface area contributed by atoms with Crippen molar-refractivity contribution in [3.63, 3.8) is 0 Å². The summed E-state index contributed by atoms with van der Waals surface area (Å²) in [5.74, 6) is 0.818. The standard InChI is InChI=1S/C14H18N4O4S/c1-23(19,20)18-7-3-5-12(9-18)21-10-13-16-14(17-22-13)11-4-2-6-15-8-11/h2,4,6,8,12H,3,5,7,9-10H2,1H3. The zero-order valence-electron chi connectivity index (χ0n) is 12.8. The highest BCUT2D eigenvalue weighted by molar-refractivity contribution is 7.88. The van der Waals surface area contributed by atoms with E-state index in [0.717, 1.165) is 18.4 Å². The van der Waals surface area contributed by atoms with Gasteiger partial charge in [-0.2, -0.15) is 9.29 Å². The number of piperidine rings is 1. The van der Waals surface area contributed by atoms with E-state index in [0.29, 0.717) is 24.8 Å². The number of pyridine rings is 1. The van der Waals surface area contributed by atoms with Crippen LogP contribution < -0.4 is 0 Å². The highest BCUT2D eigenvalue weighted by Gasteiger charge is 2.26. The van der Waals surface area contributed by atoms with E-state index in [9.17, 15) is 8.42 Å². The molecule has 2 aromatic heterocycles. The van der Waals surface area contributed by atoms with E-state index in [1.54, 1.807) is 18.5 Å². The maximum atomic E-state index is 11.6. The molecular weight excluding hydrogens is 320 g/mol. The van der Waals surface area contributed by atoms with Crippen LogP contribution >= 0.6 is 0 Å². The molecule has 23 heavy (non-hydrogen) atoms. The average molecular weight is 338 g/mol. The van der Waals surface area contributed by atoms with Gasteiger partial charge in [-0.1, -0.05) is 5.16 Å². The lowest BCUT2D eigenvalue weighted by atomic mass is 10.1. The molecule has 8 nitrogen and oxygen atoms in total. The Morgan fingerprint density at radius 2 is 2.35 bits per heavy atom. The van der Waals surface area contributed by atoms with Crippen LogP contribution in [-0.2, 0) is 21.4 Å². The van der Waals surface area contributed by atoms with Crippen molar-refractivity contribution in [2.24, 2.45) is 0 Å². The van der Waals surface area contributed by atoms with Crippen molar-refractivity contribution in [2.45, 2.75) is 25.6 Å². The molecule has 0 bridgehead atoms. The number of hydrogen-bond acceptors (Lipinski definition) is 7. The molecule has 1 fully saturated rings. The third kappa shape index (κ3) is 4.12.